The van der Waals surface area contributed by atoms with E-state index >= 15 is 0 Å². The first kappa shape index (κ1) is 20.6. The van der Waals surface area contributed by atoms with Gasteiger partial charge in [0.1, 0.15) is 0 Å². The van der Waals surface area contributed by atoms with Crippen molar-refractivity contribution in [1.82, 2.24) is 15.5 Å². The molecule has 1 aliphatic heterocycles. The van der Waals surface area contributed by atoms with Crippen LogP contribution in [-0.2, 0) is 4.74 Å². The van der Waals surface area contributed by atoms with E-state index in [0.29, 0.717) is 12.2 Å². The van der Waals surface area contributed by atoms with Crippen LogP contribution in [0.2, 0.25) is 0 Å². The van der Waals surface area contributed by atoms with Crippen LogP contribution in [0.3, 0.4) is 0 Å². The molecule has 2 unspecified atom stereocenters. The molecule has 23 heavy (non-hydrogen) atoms. The maximum atomic E-state index is 5.77. The Labute approximate surface area is 147 Å². The van der Waals surface area contributed by atoms with E-state index in [1.807, 2.05) is 11.8 Å². The van der Waals surface area contributed by atoms with Gasteiger partial charge < -0.3 is 15.4 Å². The van der Waals surface area contributed by atoms with Crippen LogP contribution in [0.25, 0.3) is 0 Å². The SMILES string of the molecule is CCNC(=NCCCN1CC(C)OC(C)C1)NCCCCSC. The van der Waals surface area contributed by atoms with Gasteiger partial charge in [0.2, 0.25) is 0 Å². The standard InChI is InChI=1S/C17H36N4OS/c1-5-18-17(19-9-6-7-12-23-4)20-10-8-11-21-13-15(2)22-16(3)14-21/h15-16H,5-14H2,1-4H3,(H2,18,19,20). The van der Waals surface area contributed by atoms with E-state index < -0.39 is 0 Å². The summed E-state index contributed by atoms with van der Waals surface area (Å²) in [5, 5.41) is 6.75. The summed E-state index contributed by atoms with van der Waals surface area (Å²) in [5.74, 6) is 2.20. The van der Waals surface area contributed by atoms with E-state index in [1.165, 1.54) is 18.6 Å². The molecule has 1 heterocycles. The first-order chi connectivity index (χ1) is 11.2. The first-order valence-corrected chi connectivity index (χ1v) is 10.4. The summed E-state index contributed by atoms with van der Waals surface area (Å²) in [6, 6.07) is 0. The van der Waals surface area contributed by atoms with Gasteiger partial charge in [0.15, 0.2) is 5.96 Å². The molecule has 0 amide bonds. The Bertz CT molecular complexity index is 318. The molecule has 0 saturated carbocycles. The molecule has 1 rings (SSSR count). The van der Waals surface area contributed by atoms with E-state index in [1.54, 1.807) is 0 Å². The fourth-order valence-electron chi connectivity index (χ4n) is 2.87. The minimum Gasteiger partial charge on any atom is -0.373 e. The number of hydrogen-bond donors (Lipinski definition) is 2. The summed E-state index contributed by atoms with van der Waals surface area (Å²) < 4.78 is 5.77. The number of rotatable bonds is 10. The third-order valence-corrected chi connectivity index (χ3v) is 4.51. The van der Waals surface area contributed by atoms with Gasteiger partial charge in [0.25, 0.3) is 0 Å². The van der Waals surface area contributed by atoms with Gasteiger partial charge in [-0.05, 0) is 52.0 Å². The van der Waals surface area contributed by atoms with Crippen molar-refractivity contribution in [3.05, 3.63) is 0 Å². The Morgan fingerprint density at radius 1 is 1.17 bits per heavy atom. The second-order valence-corrected chi connectivity index (χ2v) is 7.24. The highest BCUT2D eigenvalue weighted by Crippen LogP contribution is 2.10. The number of unbranched alkanes of at least 4 members (excludes halogenated alkanes) is 1. The highest BCUT2D eigenvalue weighted by molar-refractivity contribution is 7.98. The maximum absolute atomic E-state index is 5.77. The van der Waals surface area contributed by atoms with E-state index in [2.05, 4.69) is 47.6 Å². The van der Waals surface area contributed by atoms with Crippen molar-refractivity contribution in [3.63, 3.8) is 0 Å². The lowest BCUT2D eigenvalue weighted by Gasteiger charge is -2.35. The molecule has 0 aliphatic carbocycles. The largest absolute Gasteiger partial charge is 0.373 e. The van der Waals surface area contributed by atoms with Gasteiger partial charge in [-0.2, -0.15) is 11.8 Å². The second-order valence-electron chi connectivity index (χ2n) is 6.26. The fourth-order valence-corrected chi connectivity index (χ4v) is 3.36. The number of ether oxygens (including phenoxy) is 1. The van der Waals surface area contributed by atoms with E-state index in [-0.39, 0.29) is 0 Å². The topological polar surface area (TPSA) is 48.9 Å². The summed E-state index contributed by atoms with van der Waals surface area (Å²) in [6.07, 6.45) is 6.43. The highest BCUT2D eigenvalue weighted by atomic mass is 32.2. The fraction of sp³-hybridized carbons (Fsp3) is 0.941. The predicted molar refractivity (Wildman–Crippen MR) is 103 cm³/mol. The molecule has 0 aromatic heterocycles. The summed E-state index contributed by atoms with van der Waals surface area (Å²) in [4.78, 5) is 7.18. The van der Waals surface area contributed by atoms with Crippen LogP contribution in [0.4, 0.5) is 0 Å². The van der Waals surface area contributed by atoms with Crippen LogP contribution in [0, 0.1) is 0 Å². The molecule has 2 atom stereocenters. The second kappa shape index (κ2) is 12.9. The van der Waals surface area contributed by atoms with Gasteiger partial charge in [-0.15, -0.1) is 0 Å². The zero-order valence-corrected chi connectivity index (χ0v) is 16.3. The lowest BCUT2D eigenvalue weighted by atomic mass is 10.2. The molecule has 0 radical (unpaired) electrons. The summed E-state index contributed by atoms with van der Waals surface area (Å²) in [6.45, 7) is 12.4. The Morgan fingerprint density at radius 2 is 1.91 bits per heavy atom. The molecule has 136 valence electrons. The average molecular weight is 345 g/mol. The summed E-state index contributed by atoms with van der Waals surface area (Å²) in [5.41, 5.74) is 0. The molecule has 1 aliphatic rings. The monoisotopic (exact) mass is 344 g/mol. The average Bonchev–Trinajstić information content (AvgIpc) is 2.50. The summed E-state index contributed by atoms with van der Waals surface area (Å²) in [7, 11) is 0. The molecule has 0 spiro atoms. The van der Waals surface area contributed by atoms with Crippen molar-refractivity contribution in [2.45, 2.75) is 52.2 Å². The van der Waals surface area contributed by atoms with Crippen LogP contribution in [0.5, 0.6) is 0 Å². The third-order valence-electron chi connectivity index (χ3n) is 3.81. The van der Waals surface area contributed by atoms with Crippen molar-refractivity contribution < 1.29 is 4.74 Å². The molecular formula is C17H36N4OS. The molecule has 0 aromatic rings. The van der Waals surface area contributed by atoms with Crippen LogP contribution < -0.4 is 10.6 Å². The molecule has 0 bridgehead atoms. The van der Waals surface area contributed by atoms with Crippen LogP contribution in [-0.4, -0.2) is 74.3 Å². The van der Waals surface area contributed by atoms with Crippen molar-refractivity contribution >= 4 is 17.7 Å². The third kappa shape index (κ3) is 10.1. The normalized spacial score (nSPS) is 23.0. The zero-order chi connectivity index (χ0) is 16.9. The number of aliphatic imine (C=N–C) groups is 1. The molecule has 6 heteroatoms. The highest BCUT2D eigenvalue weighted by Gasteiger charge is 2.21. The van der Waals surface area contributed by atoms with Gasteiger partial charge in [-0.25, -0.2) is 0 Å². The van der Waals surface area contributed by atoms with Gasteiger partial charge in [-0.1, -0.05) is 0 Å². The number of thioether (sulfide) groups is 1. The van der Waals surface area contributed by atoms with Gasteiger partial charge in [-0.3, -0.25) is 9.89 Å². The van der Waals surface area contributed by atoms with E-state index in [4.69, 9.17) is 4.74 Å². The zero-order valence-electron chi connectivity index (χ0n) is 15.4. The number of nitrogens with one attached hydrogen (secondary N) is 2. The van der Waals surface area contributed by atoms with Crippen LogP contribution in [0.1, 0.15) is 40.0 Å². The van der Waals surface area contributed by atoms with E-state index in [0.717, 1.165) is 51.6 Å². The number of nitrogens with zero attached hydrogens (tertiary/aromatic N) is 2. The maximum Gasteiger partial charge on any atom is 0.191 e. The summed E-state index contributed by atoms with van der Waals surface area (Å²) >= 11 is 1.91. The molecule has 1 fully saturated rings. The van der Waals surface area contributed by atoms with Crippen molar-refractivity contribution in [3.8, 4) is 0 Å². The molecular weight excluding hydrogens is 308 g/mol. The lowest BCUT2D eigenvalue weighted by Crippen LogP contribution is -2.45. The minimum atomic E-state index is 0.350. The molecule has 1 saturated heterocycles. The van der Waals surface area contributed by atoms with E-state index in [9.17, 15) is 0 Å². The minimum absolute atomic E-state index is 0.350. The number of morpholine rings is 1. The van der Waals surface area contributed by atoms with Crippen molar-refractivity contribution in [2.24, 2.45) is 4.99 Å². The van der Waals surface area contributed by atoms with Gasteiger partial charge in [0.05, 0.1) is 12.2 Å². The quantitative estimate of drug-likeness (QED) is 0.361. The Balaban J connectivity index is 2.20. The molecule has 5 nitrogen and oxygen atoms in total. The molecule has 0 aromatic carbocycles. The van der Waals surface area contributed by atoms with Crippen molar-refractivity contribution in [2.75, 3.05) is 51.3 Å². The Morgan fingerprint density at radius 3 is 2.57 bits per heavy atom. The van der Waals surface area contributed by atoms with Crippen LogP contribution in [0.15, 0.2) is 4.99 Å². The first-order valence-electron chi connectivity index (χ1n) is 9.04. The lowest BCUT2D eigenvalue weighted by molar-refractivity contribution is -0.0679. The predicted octanol–water partition coefficient (Wildman–Crippen LogP) is 2.18. The number of hydrogen-bond acceptors (Lipinski definition) is 4. The Hall–Kier alpha value is -0.460. The van der Waals surface area contributed by atoms with Crippen LogP contribution >= 0.6 is 11.8 Å². The van der Waals surface area contributed by atoms with Crippen molar-refractivity contribution in [1.29, 1.82) is 0 Å². The number of guanidine groups is 1. The Kier molecular flexibility index (Phi) is 11.5. The van der Waals surface area contributed by atoms with Gasteiger partial charge in [0, 0.05) is 39.3 Å². The van der Waals surface area contributed by atoms with Gasteiger partial charge >= 0.3 is 0 Å². The molecule has 2 N–H and O–H groups in total. The smallest absolute Gasteiger partial charge is 0.191 e.